The van der Waals surface area contributed by atoms with E-state index in [1.165, 1.54) is 0 Å². The van der Waals surface area contributed by atoms with Crippen LogP contribution in [0.4, 0.5) is 10.5 Å². The normalized spacial score (nSPS) is 22.8. The topological polar surface area (TPSA) is 61.4 Å². The van der Waals surface area contributed by atoms with Gasteiger partial charge in [-0.1, -0.05) is 23.2 Å². The highest BCUT2D eigenvalue weighted by molar-refractivity contribution is 6.42. The summed E-state index contributed by atoms with van der Waals surface area (Å²) in [4.78, 5) is 11.5. The molecule has 0 heterocycles. The van der Waals surface area contributed by atoms with Gasteiger partial charge in [-0.25, -0.2) is 4.79 Å². The Morgan fingerprint density at radius 1 is 1.29 bits per heavy atom. The number of carbonyl (C=O) groups is 1. The fourth-order valence-electron chi connectivity index (χ4n) is 1.63. The standard InChI is InChI=1S/C11H12Cl2N2O2/c12-9-2-1-6(5-10(9)13)14-11(17)15-7-3-8(16)4-7/h1-2,5,7-8,16H,3-4H2,(H2,14,15,17). The SMILES string of the molecule is O=C(Nc1ccc(Cl)c(Cl)c1)NC1CC(O)C1. The van der Waals surface area contributed by atoms with Crippen molar-refractivity contribution in [1.29, 1.82) is 0 Å². The van der Waals surface area contributed by atoms with Gasteiger partial charge in [0.05, 0.1) is 16.1 Å². The molecule has 0 saturated heterocycles. The third-order valence-corrected chi connectivity index (χ3v) is 3.36. The maximum atomic E-state index is 11.5. The highest BCUT2D eigenvalue weighted by Crippen LogP contribution is 2.25. The van der Waals surface area contributed by atoms with Gasteiger partial charge in [-0.2, -0.15) is 0 Å². The molecule has 1 aliphatic rings. The van der Waals surface area contributed by atoms with Crippen molar-refractivity contribution in [2.45, 2.75) is 25.0 Å². The zero-order chi connectivity index (χ0) is 12.4. The number of aliphatic hydroxyl groups excluding tert-OH is 1. The summed E-state index contributed by atoms with van der Waals surface area (Å²) in [7, 11) is 0. The molecule has 2 rings (SSSR count). The van der Waals surface area contributed by atoms with E-state index in [9.17, 15) is 4.79 Å². The molecule has 0 radical (unpaired) electrons. The number of hydrogen-bond donors (Lipinski definition) is 3. The number of halogens is 2. The third kappa shape index (κ3) is 3.25. The number of benzene rings is 1. The predicted octanol–water partition coefficient (Wildman–Crippen LogP) is 2.64. The molecule has 2 amide bonds. The van der Waals surface area contributed by atoms with E-state index in [-0.39, 0.29) is 18.2 Å². The number of hydrogen-bond acceptors (Lipinski definition) is 2. The number of aliphatic hydroxyl groups is 1. The molecule has 0 aromatic heterocycles. The van der Waals surface area contributed by atoms with Crippen LogP contribution in [0, 0.1) is 0 Å². The van der Waals surface area contributed by atoms with E-state index in [0.717, 1.165) is 0 Å². The van der Waals surface area contributed by atoms with E-state index in [0.29, 0.717) is 28.6 Å². The maximum absolute atomic E-state index is 11.5. The zero-order valence-corrected chi connectivity index (χ0v) is 10.4. The summed E-state index contributed by atoms with van der Waals surface area (Å²) in [5.74, 6) is 0. The van der Waals surface area contributed by atoms with Gasteiger partial charge in [0.1, 0.15) is 0 Å². The lowest BCUT2D eigenvalue weighted by Gasteiger charge is -2.31. The Balaban J connectivity index is 1.87. The summed E-state index contributed by atoms with van der Waals surface area (Å²) in [5.41, 5.74) is 0.580. The molecule has 1 saturated carbocycles. The van der Waals surface area contributed by atoms with Crippen LogP contribution < -0.4 is 10.6 Å². The van der Waals surface area contributed by atoms with Crippen LogP contribution in [-0.2, 0) is 0 Å². The van der Waals surface area contributed by atoms with Crippen molar-refractivity contribution in [3.05, 3.63) is 28.2 Å². The number of nitrogens with one attached hydrogen (secondary N) is 2. The Morgan fingerprint density at radius 3 is 2.59 bits per heavy atom. The summed E-state index contributed by atoms with van der Waals surface area (Å²) in [6.45, 7) is 0. The van der Waals surface area contributed by atoms with Crippen molar-refractivity contribution >= 4 is 34.9 Å². The Labute approximate surface area is 109 Å². The Hall–Kier alpha value is -0.970. The van der Waals surface area contributed by atoms with Gasteiger partial charge < -0.3 is 15.7 Å². The zero-order valence-electron chi connectivity index (χ0n) is 8.91. The van der Waals surface area contributed by atoms with E-state index >= 15 is 0 Å². The van der Waals surface area contributed by atoms with Gasteiger partial charge in [-0.3, -0.25) is 0 Å². The molecule has 1 aromatic carbocycles. The van der Waals surface area contributed by atoms with E-state index < -0.39 is 0 Å². The Kier molecular flexibility index (Phi) is 3.76. The molecule has 0 aliphatic heterocycles. The van der Waals surface area contributed by atoms with Crippen LogP contribution in [0.25, 0.3) is 0 Å². The average Bonchev–Trinajstić information content (AvgIpc) is 2.21. The van der Waals surface area contributed by atoms with E-state index in [2.05, 4.69) is 10.6 Å². The fraction of sp³-hybridized carbons (Fsp3) is 0.364. The molecule has 0 unspecified atom stereocenters. The first-order valence-corrected chi connectivity index (χ1v) is 6.01. The molecule has 4 nitrogen and oxygen atoms in total. The van der Waals surface area contributed by atoms with E-state index in [1.54, 1.807) is 18.2 Å². The van der Waals surface area contributed by atoms with Crippen molar-refractivity contribution in [3.63, 3.8) is 0 Å². The highest BCUT2D eigenvalue weighted by Gasteiger charge is 2.28. The van der Waals surface area contributed by atoms with E-state index in [1.807, 2.05) is 0 Å². The lowest BCUT2D eigenvalue weighted by atomic mass is 9.90. The van der Waals surface area contributed by atoms with Crippen LogP contribution in [0.1, 0.15) is 12.8 Å². The smallest absolute Gasteiger partial charge is 0.319 e. The van der Waals surface area contributed by atoms with Crippen molar-refractivity contribution < 1.29 is 9.90 Å². The number of carbonyl (C=O) groups excluding carboxylic acids is 1. The lowest BCUT2D eigenvalue weighted by Crippen LogP contribution is -2.48. The molecule has 92 valence electrons. The summed E-state index contributed by atoms with van der Waals surface area (Å²) in [6.07, 6.45) is 0.925. The summed E-state index contributed by atoms with van der Waals surface area (Å²) < 4.78 is 0. The first-order chi connectivity index (χ1) is 8.04. The summed E-state index contributed by atoms with van der Waals surface area (Å²) >= 11 is 11.6. The number of urea groups is 1. The second kappa shape index (κ2) is 5.12. The quantitative estimate of drug-likeness (QED) is 0.777. The molecule has 1 aromatic rings. The fourth-order valence-corrected chi connectivity index (χ4v) is 1.93. The van der Waals surface area contributed by atoms with Crippen LogP contribution in [0.5, 0.6) is 0 Å². The molecule has 6 heteroatoms. The highest BCUT2D eigenvalue weighted by atomic mass is 35.5. The number of rotatable bonds is 2. The van der Waals surface area contributed by atoms with Crippen LogP contribution in [0.2, 0.25) is 10.0 Å². The lowest BCUT2D eigenvalue weighted by molar-refractivity contribution is 0.0671. The van der Waals surface area contributed by atoms with Crippen LogP contribution in [-0.4, -0.2) is 23.3 Å². The minimum atomic E-state index is -0.305. The van der Waals surface area contributed by atoms with Crippen molar-refractivity contribution in [2.75, 3.05) is 5.32 Å². The Bertz CT molecular complexity index is 433. The third-order valence-electron chi connectivity index (χ3n) is 2.63. The van der Waals surface area contributed by atoms with Crippen LogP contribution in [0.3, 0.4) is 0 Å². The molecular formula is C11H12Cl2N2O2. The van der Waals surface area contributed by atoms with E-state index in [4.69, 9.17) is 28.3 Å². The van der Waals surface area contributed by atoms with Gasteiger partial charge >= 0.3 is 6.03 Å². The molecule has 1 fully saturated rings. The monoisotopic (exact) mass is 274 g/mol. The molecular weight excluding hydrogens is 263 g/mol. The second-order valence-electron chi connectivity index (χ2n) is 4.05. The number of amides is 2. The van der Waals surface area contributed by atoms with Crippen LogP contribution >= 0.6 is 23.2 Å². The predicted molar refractivity (Wildman–Crippen MR) is 67.6 cm³/mol. The minimum Gasteiger partial charge on any atom is -0.393 e. The first-order valence-electron chi connectivity index (χ1n) is 5.25. The van der Waals surface area contributed by atoms with Gasteiger partial charge in [0.2, 0.25) is 0 Å². The van der Waals surface area contributed by atoms with Crippen molar-refractivity contribution in [1.82, 2.24) is 5.32 Å². The average molecular weight is 275 g/mol. The largest absolute Gasteiger partial charge is 0.393 e. The Morgan fingerprint density at radius 2 is 2.00 bits per heavy atom. The van der Waals surface area contributed by atoms with Crippen molar-refractivity contribution in [2.24, 2.45) is 0 Å². The van der Waals surface area contributed by atoms with Gasteiger partial charge in [0.15, 0.2) is 0 Å². The maximum Gasteiger partial charge on any atom is 0.319 e. The van der Waals surface area contributed by atoms with Gasteiger partial charge in [-0.15, -0.1) is 0 Å². The molecule has 0 spiro atoms. The minimum absolute atomic E-state index is 0.0489. The van der Waals surface area contributed by atoms with Crippen LogP contribution in [0.15, 0.2) is 18.2 Å². The molecule has 17 heavy (non-hydrogen) atoms. The molecule has 0 atom stereocenters. The molecule has 3 N–H and O–H groups in total. The van der Waals surface area contributed by atoms with Gasteiger partial charge in [0, 0.05) is 11.7 Å². The first kappa shape index (κ1) is 12.5. The number of anilines is 1. The second-order valence-corrected chi connectivity index (χ2v) is 4.86. The molecule has 1 aliphatic carbocycles. The summed E-state index contributed by atoms with van der Waals surface area (Å²) in [5, 5.41) is 15.3. The van der Waals surface area contributed by atoms with Gasteiger partial charge in [0.25, 0.3) is 0 Å². The molecule has 0 bridgehead atoms. The van der Waals surface area contributed by atoms with Crippen molar-refractivity contribution in [3.8, 4) is 0 Å². The summed E-state index contributed by atoms with van der Waals surface area (Å²) in [6, 6.07) is 4.61. The van der Waals surface area contributed by atoms with Gasteiger partial charge in [-0.05, 0) is 31.0 Å².